The van der Waals surface area contributed by atoms with Crippen LogP contribution >= 0.6 is 0 Å². The maximum Gasteiger partial charge on any atom is 0.404 e. The Balaban J connectivity index is 1.65. The van der Waals surface area contributed by atoms with E-state index in [2.05, 4.69) is 38.1 Å². The number of nitrogens with one attached hydrogen (secondary N) is 3. The molecule has 2 aromatic carbocycles. The number of carboxylic acid groups (broad SMARTS) is 1. The van der Waals surface area contributed by atoms with E-state index in [0.29, 0.717) is 18.1 Å². The van der Waals surface area contributed by atoms with Gasteiger partial charge in [-0.1, -0.05) is 30.3 Å². The molecule has 0 aliphatic heterocycles. The molecule has 0 unspecified atom stereocenters. The van der Waals surface area contributed by atoms with Crippen molar-refractivity contribution in [2.24, 2.45) is 0 Å². The van der Waals surface area contributed by atoms with Crippen molar-refractivity contribution in [3.05, 3.63) is 60.4 Å². The fourth-order valence-corrected chi connectivity index (χ4v) is 2.75. The fraction of sp³-hybridized carbons (Fsp3) is 0.200. The van der Waals surface area contributed by atoms with E-state index in [0.717, 1.165) is 17.3 Å². The van der Waals surface area contributed by atoms with Crippen molar-refractivity contribution in [3.63, 3.8) is 0 Å². The van der Waals surface area contributed by atoms with E-state index in [1.54, 1.807) is 6.07 Å². The van der Waals surface area contributed by atoms with Crippen molar-refractivity contribution >= 4 is 34.4 Å². The monoisotopic (exact) mass is 379 g/mol. The van der Waals surface area contributed by atoms with Gasteiger partial charge >= 0.3 is 6.09 Å². The van der Waals surface area contributed by atoms with Gasteiger partial charge in [0, 0.05) is 30.6 Å². The minimum absolute atomic E-state index is 0.0534. The van der Waals surface area contributed by atoms with Gasteiger partial charge < -0.3 is 21.1 Å². The number of carbonyl (C=O) groups is 2. The van der Waals surface area contributed by atoms with E-state index in [-0.39, 0.29) is 18.9 Å². The lowest BCUT2D eigenvalue weighted by Gasteiger charge is -2.10. The number of benzene rings is 2. The molecule has 28 heavy (non-hydrogen) atoms. The van der Waals surface area contributed by atoms with Crippen LogP contribution in [0.15, 0.2) is 54.9 Å². The number of aromatic nitrogens is 2. The molecule has 1 heterocycles. The Hall–Kier alpha value is -3.68. The van der Waals surface area contributed by atoms with E-state index in [4.69, 9.17) is 5.11 Å². The maximum atomic E-state index is 12.0. The fourth-order valence-electron chi connectivity index (χ4n) is 2.75. The molecule has 0 saturated carbocycles. The second-order valence-corrected chi connectivity index (χ2v) is 6.15. The summed E-state index contributed by atoms with van der Waals surface area (Å²) in [5.41, 5.74) is 2.60. The summed E-state index contributed by atoms with van der Waals surface area (Å²) < 4.78 is 0. The number of hydrogen-bond donors (Lipinski definition) is 4. The zero-order valence-electron chi connectivity index (χ0n) is 15.2. The Labute approximate surface area is 162 Å². The summed E-state index contributed by atoms with van der Waals surface area (Å²) in [6.45, 7) is 0.776. The van der Waals surface area contributed by atoms with Gasteiger partial charge in [-0.25, -0.2) is 14.8 Å². The maximum absolute atomic E-state index is 12.0. The summed E-state index contributed by atoms with van der Waals surface area (Å²) >= 11 is 0. The molecule has 4 N–H and O–H groups in total. The molecule has 0 saturated heterocycles. The lowest BCUT2D eigenvalue weighted by Crippen LogP contribution is -2.25. The standard InChI is InChI=1S/C20H21N5O3/c26-18(9-11-22-20(27)28)25-15-6-7-17-16(12-15)19(24-13-23-17)21-10-8-14-4-2-1-3-5-14/h1-7,12-13,22H,8-11H2,(H,25,26)(H,27,28)(H,21,23,24). The van der Waals surface area contributed by atoms with Gasteiger partial charge in [0.15, 0.2) is 0 Å². The molecule has 0 radical (unpaired) electrons. The lowest BCUT2D eigenvalue weighted by atomic mass is 10.1. The van der Waals surface area contributed by atoms with Gasteiger partial charge in [-0.2, -0.15) is 0 Å². The highest BCUT2D eigenvalue weighted by atomic mass is 16.4. The predicted octanol–water partition coefficient (Wildman–Crippen LogP) is 2.88. The van der Waals surface area contributed by atoms with Crippen molar-refractivity contribution in [2.75, 3.05) is 23.7 Å². The zero-order chi connectivity index (χ0) is 19.8. The Morgan fingerprint density at radius 2 is 1.82 bits per heavy atom. The normalized spacial score (nSPS) is 10.4. The quantitative estimate of drug-likeness (QED) is 0.478. The molecule has 0 atom stereocenters. The summed E-state index contributed by atoms with van der Waals surface area (Å²) in [4.78, 5) is 31.0. The number of fused-ring (bicyclic) bond motifs is 1. The number of anilines is 2. The number of carbonyl (C=O) groups excluding carboxylic acids is 1. The van der Waals surface area contributed by atoms with Crippen LogP contribution in [0.25, 0.3) is 10.9 Å². The van der Waals surface area contributed by atoms with E-state index in [9.17, 15) is 9.59 Å². The van der Waals surface area contributed by atoms with Gasteiger partial charge in [0.1, 0.15) is 12.1 Å². The number of amides is 2. The van der Waals surface area contributed by atoms with Crippen molar-refractivity contribution < 1.29 is 14.7 Å². The molecule has 2 amide bonds. The average molecular weight is 379 g/mol. The minimum atomic E-state index is -1.15. The average Bonchev–Trinajstić information content (AvgIpc) is 2.69. The van der Waals surface area contributed by atoms with Crippen LogP contribution < -0.4 is 16.0 Å². The third-order valence-corrected chi connectivity index (χ3v) is 4.10. The van der Waals surface area contributed by atoms with Gasteiger partial charge in [0.2, 0.25) is 5.91 Å². The first-order chi connectivity index (χ1) is 13.6. The summed E-state index contributed by atoms with van der Waals surface area (Å²) in [5.74, 6) is 0.424. The summed E-state index contributed by atoms with van der Waals surface area (Å²) in [6.07, 6.45) is 1.27. The van der Waals surface area contributed by atoms with E-state index < -0.39 is 6.09 Å². The van der Waals surface area contributed by atoms with E-state index in [1.807, 2.05) is 30.3 Å². The molecular formula is C20H21N5O3. The van der Waals surface area contributed by atoms with Gasteiger partial charge in [0.25, 0.3) is 0 Å². The van der Waals surface area contributed by atoms with Crippen molar-refractivity contribution in [1.29, 1.82) is 0 Å². The SMILES string of the molecule is O=C(O)NCCC(=O)Nc1ccc2ncnc(NCCc3ccccc3)c2c1. The van der Waals surface area contributed by atoms with Crippen molar-refractivity contribution in [3.8, 4) is 0 Å². The largest absolute Gasteiger partial charge is 0.465 e. The highest BCUT2D eigenvalue weighted by Crippen LogP contribution is 2.23. The first-order valence-corrected chi connectivity index (χ1v) is 8.91. The van der Waals surface area contributed by atoms with Crippen LogP contribution in [-0.2, 0) is 11.2 Å². The molecule has 0 spiro atoms. The highest BCUT2D eigenvalue weighted by Gasteiger charge is 2.08. The first kappa shape index (κ1) is 19.1. The molecule has 144 valence electrons. The lowest BCUT2D eigenvalue weighted by molar-refractivity contribution is -0.116. The number of nitrogens with zero attached hydrogens (tertiary/aromatic N) is 2. The Bertz CT molecular complexity index is 962. The second-order valence-electron chi connectivity index (χ2n) is 6.15. The Morgan fingerprint density at radius 3 is 2.61 bits per heavy atom. The molecule has 3 aromatic rings. The molecular weight excluding hydrogens is 358 g/mol. The Kier molecular flexibility index (Phi) is 6.35. The zero-order valence-corrected chi connectivity index (χ0v) is 15.2. The molecule has 0 fully saturated rings. The third-order valence-electron chi connectivity index (χ3n) is 4.10. The molecule has 3 rings (SSSR count). The minimum Gasteiger partial charge on any atom is -0.465 e. The molecule has 0 aliphatic carbocycles. The number of rotatable bonds is 8. The summed E-state index contributed by atoms with van der Waals surface area (Å²) in [5, 5.41) is 17.6. The third kappa shape index (κ3) is 5.41. The van der Waals surface area contributed by atoms with Crippen LogP contribution in [0.4, 0.5) is 16.3 Å². The van der Waals surface area contributed by atoms with E-state index in [1.165, 1.54) is 11.9 Å². The molecule has 8 nitrogen and oxygen atoms in total. The molecule has 0 aliphatic rings. The topological polar surface area (TPSA) is 116 Å². The van der Waals surface area contributed by atoms with Gasteiger partial charge in [-0.3, -0.25) is 4.79 Å². The van der Waals surface area contributed by atoms with Crippen LogP contribution in [0.5, 0.6) is 0 Å². The summed E-state index contributed by atoms with van der Waals surface area (Å²) in [6, 6.07) is 15.5. The second kappa shape index (κ2) is 9.31. The smallest absolute Gasteiger partial charge is 0.404 e. The summed E-state index contributed by atoms with van der Waals surface area (Å²) in [7, 11) is 0. The van der Waals surface area contributed by atoms with Crippen LogP contribution in [0.3, 0.4) is 0 Å². The van der Waals surface area contributed by atoms with Gasteiger partial charge in [-0.15, -0.1) is 0 Å². The van der Waals surface area contributed by atoms with Gasteiger partial charge in [-0.05, 0) is 30.2 Å². The van der Waals surface area contributed by atoms with Gasteiger partial charge in [0.05, 0.1) is 5.52 Å². The molecule has 8 heteroatoms. The van der Waals surface area contributed by atoms with Crippen LogP contribution in [-0.4, -0.2) is 40.2 Å². The van der Waals surface area contributed by atoms with Crippen molar-refractivity contribution in [2.45, 2.75) is 12.8 Å². The van der Waals surface area contributed by atoms with Crippen LogP contribution in [0.1, 0.15) is 12.0 Å². The number of hydrogen-bond acceptors (Lipinski definition) is 5. The Morgan fingerprint density at radius 1 is 1.00 bits per heavy atom. The van der Waals surface area contributed by atoms with Crippen molar-refractivity contribution in [1.82, 2.24) is 15.3 Å². The molecule has 1 aromatic heterocycles. The van der Waals surface area contributed by atoms with E-state index >= 15 is 0 Å². The highest BCUT2D eigenvalue weighted by molar-refractivity contribution is 5.96. The first-order valence-electron chi connectivity index (χ1n) is 8.91. The molecule has 0 bridgehead atoms. The predicted molar refractivity (Wildman–Crippen MR) is 107 cm³/mol. The van der Waals surface area contributed by atoms with Crippen LogP contribution in [0, 0.1) is 0 Å². The van der Waals surface area contributed by atoms with Crippen LogP contribution in [0.2, 0.25) is 0 Å².